The van der Waals surface area contributed by atoms with Crippen molar-refractivity contribution in [2.75, 3.05) is 11.9 Å². The van der Waals surface area contributed by atoms with E-state index in [0.29, 0.717) is 5.69 Å². The summed E-state index contributed by atoms with van der Waals surface area (Å²) in [6.45, 7) is 2.09. The topological polar surface area (TPSA) is 58.6 Å². The molecule has 3 aromatic carbocycles. The quantitative estimate of drug-likeness (QED) is 0.652. The summed E-state index contributed by atoms with van der Waals surface area (Å²) in [5.74, 6) is 0.203. The Bertz CT molecular complexity index is 935. The van der Waals surface area contributed by atoms with Gasteiger partial charge in [0.2, 0.25) is 0 Å². The first kappa shape index (κ1) is 16.2. The maximum Gasteiger partial charge on any atom is 0.411 e. The number of aryl methyl sites for hydroxylation is 1. The monoisotopic (exact) mass is 345 g/mol. The molecule has 0 aromatic heterocycles. The summed E-state index contributed by atoms with van der Waals surface area (Å²) in [6.07, 6.45) is -0.499. The van der Waals surface area contributed by atoms with Gasteiger partial charge in [-0.1, -0.05) is 48.5 Å². The van der Waals surface area contributed by atoms with Crippen LogP contribution < -0.4 is 5.32 Å². The number of phenols is 1. The Morgan fingerprint density at radius 1 is 1.00 bits per heavy atom. The van der Waals surface area contributed by atoms with E-state index in [2.05, 4.69) is 29.6 Å². The highest BCUT2D eigenvalue weighted by atomic mass is 16.5. The summed E-state index contributed by atoms with van der Waals surface area (Å²) < 4.78 is 5.52. The molecule has 1 amide bonds. The minimum Gasteiger partial charge on any atom is -0.508 e. The molecular weight excluding hydrogens is 326 g/mol. The molecule has 0 bridgehead atoms. The number of rotatable bonds is 3. The first-order valence-corrected chi connectivity index (χ1v) is 8.55. The van der Waals surface area contributed by atoms with E-state index in [9.17, 15) is 9.90 Å². The zero-order valence-electron chi connectivity index (χ0n) is 14.4. The van der Waals surface area contributed by atoms with Crippen molar-refractivity contribution >= 4 is 11.8 Å². The van der Waals surface area contributed by atoms with Gasteiger partial charge in [0.25, 0.3) is 0 Å². The lowest BCUT2D eigenvalue weighted by atomic mass is 9.98. The minimum atomic E-state index is -0.499. The van der Waals surface area contributed by atoms with Crippen LogP contribution in [-0.4, -0.2) is 17.8 Å². The van der Waals surface area contributed by atoms with Gasteiger partial charge in [-0.3, -0.25) is 5.32 Å². The fourth-order valence-corrected chi connectivity index (χ4v) is 3.53. The number of ether oxygens (including phenoxy) is 1. The average Bonchev–Trinajstić information content (AvgIpc) is 2.96. The average molecular weight is 345 g/mol. The molecule has 130 valence electrons. The molecule has 4 nitrogen and oxygen atoms in total. The molecular formula is C22H19NO3. The van der Waals surface area contributed by atoms with Crippen molar-refractivity contribution in [1.82, 2.24) is 0 Å². The predicted octanol–water partition coefficient (Wildman–Crippen LogP) is 5.06. The smallest absolute Gasteiger partial charge is 0.411 e. The van der Waals surface area contributed by atoms with Crippen molar-refractivity contribution in [2.24, 2.45) is 0 Å². The van der Waals surface area contributed by atoms with Crippen molar-refractivity contribution in [3.05, 3.63) is 83.4 Å². The molecule has 0 spiro atoms. The molecule has 4 heteroatoms. The van der Waals surface area contributed by atoms with Crippen LogP contribution in [0, 0.1) is 6.92 Å². The second-order valence-corrected chi connectivity index (χ2v) is 6.45. The van der Waals surface area contributed by atoms with E-state index in [1.807, 2.05) is 31.2 Å². The summed E-state index contributed by atoms with van der Waals surface area (Å²) in [5, 5.41) is 12.2. The molecule has 0 radical (unpaired) electrons. The molecule has 4 rings (SSSR count). The lowest BCUT2D eigenvalue weighted by Crippen LogP contribution is -2.18. The highest BCUT2D eigenvalue weighted by Crippen LogP contribution is 2.44. The van der Waals surface area contributed by atoms with Crippen molar-refractivity contribution in [3.63, 3.8) is 0 Å². The van der Waals surface area contributed by atoms with E-state index in [0.717, 1.165) is 5.56 Å². The van der Waals surface area contributed by atoms with Crippen LogP contribution in [0.25, 0.3) is 11.1 Å². The molecule has 1 aliphatic carbocycles. The molecule has 0 saturated carbocycles. The highest BCUT2D eigenvalue weighted by molar-refractivity contribution is 5.86. The molecule has 0 atom stereocenters. The van der Waals surface area contributed by atoms with Crippen LogP contribution in [0.15, 0.2) is 66.7 Å². The first-order chi connectivity index (χ1) is 12.6. The normalized spacial score (nSPS) is 12.3. The van der Waals surface area contributed by atoms with Gasteiger partial charge in [-0.15, -0.1) is 0 Å². The largest absolute Gasteiger partial charge is 0.508 e. The van der Waals surface area contributed by atoms with Crippen LogP contribution in [0.5, 0.6) is 5.75 Å². The molecule has 0 heterocycles. The molecule has 26 heavy (non-hydrogen) atoms. The molecule has 0 saturated heterocycles. The van der Waals surface area contributed by atoms with Crippen LogP contribution in [0.1, 0.15) is 22.6 Å². The number of hydrogen-bond donors (Lipinski definition) is 2. The molecule has 0 aliphatic heterocycles. The second kappa shape index (κ2) is 6.56. The predicted molar refractivity (Wildman–Crippen MR) is 102 cm³/mol. The summed E-state index contributed by atoms with van der Waals surface area (Å²) in [4.78, 5) is 12.2. The number of phenolic OH excluding ortho intramolecular Hbond substituents is 1. The van der Waals surface area contributed by atoms with E-state index in [-0.39, 0.29) is 18.3 Å². The second-order valence-electron chi connectivity index (χ2n) is 6.45. The van der Waals surface area contributed by atoms with Crippen LogP contribution in [0.3, 0.4) is 0 Å². The molecule has 2 N–H and O–H groups in total. The molecule has 0 fully saturated rings. The van der Waals surface area contributed by atoms with Crippen LogP contribution >= 0.6 is 0 Å². The van der Waals surface area contributed by atoms with Crippen molar-refractivity contribution in [3.8, 4) is 16.9 Å². The number of hydrogen-bond acceptors (Lipinski definition) is 3. The SMILES string of the molecule is Cc1cc(O)ccc1NC(=O)OCC1c2ccccc2-c2ccccc21. The molecule has 3 aromatic rings. The number of fused-ring (bicyclic) bond motifs is 3. The van der Waals surface area contributed by atoms with Gasteiger partial charge in [0.1, 0.15) is 12.4 Å². The maximum absolute atomic E-state index is 12.2. The number of benzene rings is 3. The Morgan fingerprint density at radius 2 is 1.62 bits per heavy atom. The fourth-order valence-electron chi connectivity index (χ4n) is 3.53. The fraction of sp³-hybridized carbons (Fsp3) is 0.136. The number of carbonyl (C=O) groups excluding carboxylic acids is 1. The third kappa shape index (κ3) is 2.90. The van der Waals surface area contributed by atoms with E-state index in [1.54, 1.807) is 12.1 Å². The van der Waals surface area contributed by atoms with Gasteiger partial charge < -0.3 is 9.84 Å². The molecule has 0 unspecified atom stereocenters. The van der Waals surface area contributed by atoms with Gasteiger partial charge in [0, 0.05) is 11.6 Å². The minimum absolute atomic E-state index is 0.0362. The summed E-state index contributed by atoms with van der Waals surface area (Å²) in [7, 11) is 0. The Balaban J connectivity index is 1.50. The third-order valence-corrected chi connectivity index (χ3v) is 4.79. The summed E-state index contributed by atoms with van der Waals surface area (Å²) in [5.41, 5.74) is 6.17. The van der Waals surface area contributed by atoms with Crippen LogP contribution in [0.2, 0.25) is 0 Å². The van der Waals surface area contributed by atoms with E-state index in [1.165, 1.54) is 28.3 Å². The van der Waals surface area contributed by atoms with Crippen LogP contribution in [0.4, 0.5) is 10.5 Å². The van der Waals surface area contributed by atoms with E-state index >= 15 is 0 Å². The van der Waals surface area contributed by atoms with Crippen molar-refractivity contribution in [1.29, 1.82) is 0 Å². The number of amides is 1. The maximum atomic E-state index is 12.2. The number of anilines is 1. The third-order valence-electron chi connectivity index (χ3n) is 4.79. The van der Waals surface area contributed by atoms with Gasteiger partial charge in [-0.25, -0.2) is 4.79 Å². The number of nitrogens with one attached hydrogen (secondary N) is 1. The van der Waals surface area contributed by atoms with Crippen LogP contribution in [-0.2, 0) is 4.74 Å². The first-order valence-electron chi connectivity index (χ1n) is 8.55. The standard InChI is InChI=1S/C22H19NO3/c1-14-12-15(24)10-11-21(14)23-22(25)26-13-20-18-8-4-2-6-16(18)17-7-3-5-9-19(17)20/h2-12,20,24H,13H2,1H3,(H,23,25). The van der Waals surface area contributed by atoms with E-state index < -0.39 is 6.09 Å². The zero-order chi connectivity index (χ0) is 18.1. The van der Waals surface area contributed by atoms with Gasteiger partial charge in [-0.05, 0) is 52.9 Å². The summed E-state index contributed by atoms with van der Waals surface area (Å²) in [6, 6.07) is 21.3. The lowest BCUT2D eigenvalue weighted by molar-refractivity contribution is 0.158. The number of aromatic hydroxyl groups is 1. The lowest BCUT2D eigenvalue weighted by Gasteiger charge is -2.15. The highest BCUT2D eigenvalue weighted by Gasteiger charge is 2.29. The van der Waals surface area contributed by atoms with Gasteiger partial charge >= 0.3 is 6.09 Å². The van der Waals surface area contributed by atoms with Gasteiger partial charge in [0.05, 0.1) is 0 Å². The summed E-state index contributed by atoms with van der Waals surface area (Å²) >= 11 is 0. The Labute approximate surface area is 152 Å². The van der Waals surface area contributed by atoms with Gasteiger partial charge in [0.15, 0.2) is 0 Å². The Kier molecular flexibility index (Phi) is 4.09. The molecule has 1 aliphatic rings. The van der Waals surface area contributed by atoms with Gasteiger partial charge in [-0.2, -0.15) is 0 Å². The Hall–Kier alpha value is -3.27. The number of carbonyl (C=O) groups is 1. The zero-order valence-corrected chi connectivity index (χ0v) is 14.4. The Morgan fingerprint density at radius 3 is 2.23 bits per heavy atom. The van der Waals surface area contributed by atoms with E-state index in [4.69, 9.17) is 4.74 Å². The van der Waals surface area contributed by atoms with Crippen molar-refractivity contribution < 1.29 is 14.6 Å². The van der Waals surface area contributed by atoms with Crippen molar-refractivity contribution in [2.45, 2.75) is 12.8 Å².